The number of rotatable bonds is 10. The number of hydrogen-bond acceptors (Lipinski definition) is 4. The number of hydrogen-bond donors (Lipinski definition) is 1. The molecule has 0 spiro atoms. The lowest BCUT2D eigenvalue weighted by Crippen LogP contribution is -2.48. The topological polar surface area (TPSA) is 67.9 Å². The maximum Gasteiger partial charge on any atom is 0.242 e. The van der Waals surface area contributed by atoms with Crippen molar-refractivity contribution in [1.82, 2.24) is 10.2 Å². The lowest BCUT2D eigenvalue weighted by molar-refractivity contribution is -0.141. The lowest BCUT2D eigenvalue weighted by Gasteiger charge is -2.30. The summed E-state index contributed by atoms with van der Waals surface area (Å²) in [4.78, 5) is 27.2. The summed E-state index contributed by atoms with van der Waals surface area (Å²) >= 11 is 0. The number of benzene rings is 2. The number of likely N-dealkylation sites (N-methyl/N-ethyl adjacent to an activating group) is 1. The van der Waals surface area contributed by atoms with Crippen molar-refractivity contribution in [3.05, 3.63) is 59.7 Å². The van der Waals surface area contributed by atoms with Crippen molar-refractivity contribution in [1.29, 1.82) is 0 Å². The molecule has 0 aromatic heterocycles. The summed E-state index contributed by atoms with van der Waals surface area (Å²) in [6.07, 6.45) is 1.40. The Morgan fingerprint density at radius 3 is 2.28 bits per heavy atom. The fourth-order valence-corrected chi connectivity index (χ4v) is 3.30. The summed E-state index contributed by atoms with van der Waals surface area (Å²) < 4.78 is 10.6. The molecule has 6 nitrogen and oxygen atoms in total. The zero-order valence-corrected chi connectivity index (χ0v) is 17.6. The molecule has 29 heavy (non-hydrogen) atoms. The number of aryl methyl sites for hydroxylation is 1. The second-order valence-electron chi connectivity index (χ2n) is 6.73. The maximum absolute atomic E-state index is 13.1. The quantitative estimate of drug-likeness (QED) is 0.667. The number of carbonyl (C=O) groups is 2. The summed E-state index contributed by atoms with van der Waals surface area (Å²) in [7, 11) is 4.77. The van der Waals surface area contributed by atoms with Gasteiger partial charge < -0.3 is 19.7 Å². The molecule has 6 heteroatoms. The Morgan fingerprint density at radius 2 is 1.69 bits per heavy atom. The van der Waals surface area contributed by atoms with Crippen LogP contribution in [-0.4, -0.2) is 44.0 Å². The Kier molecular flexibility index (Phi) is 8.52. The smallest absolute Gasteiger partial charge is 0.242 e. The minimum Gasteiger partial charge on any atom is -0.493 e. The molecular formula is C23H30N2O4. The predicted octanol–water partition coefficient (Wildman–Crippen LogP) is 3.19. The third kappa shape index (κ3) is 5.98. The monoisotopic (exact) mass is 398 g/mol. The minimum absolute atomic E-state index is 0.0564. The Bertz CT molecular complexity index is 808. The molecular weight excluding hydrogens is 368 g/mol. The summed E-state index contributed by atoms with van der Waals surface area (Å²) in [6, 6.07) is 14.9. The van der Waals surface area contributed by atoms with E-state index in [2.05, 4.69) is 5.32 Å². The fourth-order valence-electron chi connectivity index (χ4n) is 3.30. The Labute approximate surface area is 172 Å². The van der Waals surface area contributed by atoms with Crippen molar-refractivity contribution in [2.45, 2.75) is 38.8 Å². The zero-order chi connectivity index (χ0) is 21.2. The average Bonchev–Trinajstić information content (AvgIpc) is 2.77. The molecule has 0 bridgehead atoms. The molecule has 0 heterocycles. The van der Waals surface area contributed by atoms with E-state index in [0.29, 0.717) is 37.3 Å². The van der Waals surface area contributed by atoms with E-state index in [1.54, 1.807) is 26.2 Å². The molecule has 2 aromatic carbocycles. The van der Waals surface area contributed by atoms with E-state index in [1.165, 1.54) is 0 Å². The molecule has 0 fully saturated rings. The van der Waals surface area contributed by atoms with Crippen molar-refractivity contribution in [3.63, 3.8) is 0 Å². The van der Waals surface area contributed by atoms with Gasteiger partial charge in [-0.05, 0) is 36.1 Å². The van der Waals surface area contributed by atoms with Crippen LogP contribution in [-0.2, 0) is 22.6 Å². The van der Waals surface area contributed by atoms with Gasteiger partial charge in [0.2, 0.25) is 11.8 Å². The van der Waals surface area contributed by atoms with Gasteiger partial charge in [-0.15, -0.1) is 0 Å². The van der Waals surface area contributed by atoms with E-state index in [-0.39, 0.29) is 11.8 Å². The highest BCUT2D eigenvalue weighted by Crippen LogP contribution is 2.28. The highest BCUT2D eigenvalue weighted by Gasteiger charge is 2.27. The molecule has 0 saturated heterocycles. The van der Waals surface area contributed by atoms with Crippen LogP contribution in [0.3, 0.4) is 0 Å². The van der Waals surface area contributed by atoms with Crippen LogP contribution in [0.5, 0.6) is 11.5 Å². The van der Waals surface area contributed by atoms with Crippen LogP contribution in [0.25, 0.3) is 0 Å². The molecule has 2 aromatic rings. The van der Waals surface area contributed by atoms with Gasteiger partial charge in [0.05, 0.1) is 14.2 Å². The SMILES string of the molecule is CC[C@H](C(=O)NC)N(Cc1ccccc1)C(=O)CCc1ccc(OC)c(OC)c1. The van der Waals surface area contributed by atoms with Gasteiger partial charge in [-0.2, -0.15) is 0 Å². The van der Waals surface area contributed by atoms with Gasteiger partial charge >= 0.3 is 0 Å². The second kappa shape index (κ2) is 11.1. The third-order valence-corrected chi connectivity index (χ3v) is 4.90. The van der Waals surface area contributed by atoms with Crippen LogP contribution in [0, 0.1) is 0 Å². The van der Waals surface area contributed by atoms with Crippen LogP contribution in [0.15, 0.2) is 48.5 Å². The van der Waals surface area contributed by atoms with Gasteiger partial charge in [0.15, 0.2) is 11.5 Å². The summed E-state index contributed by atoms with van der Waals surface area (Å²) in [5.41, 5.74) is 1.97. The normalized spacial score (nSPS) is 11.4. The molecule has 0 aliphatic carbocycles. The number of ether oxygens (including phenoxy) is 2. The van der Waals surface area contributed by atoms with Crippen molar-refractivity contribution in [3.8, 4) is 11.5 Å². The first-order valence-electron chi connectivity index (χ1n) is 9.79. The standard InChI is InChI=1S/C23H30N2O4/c1-5-19(23(27)24-2)25(16-18-9-7-6-8-10-18)22(26)14-12-17-11-13-20(28-3)21(15-17)29-4/h6-11,13,15,19H,5,12,14,16H2,1-4H3,(H,24,27)/t19-/m1/s1. The van der Waals surface area contributed by atoms with Crippen LogP contribution >= 0.6 is 0 Å². The van der Waals surface area contributed by atoms with Gasteiger partial charge in [0.25, 0.3) is 0 Å². The number of nitrogens with one attached hydrogen (secondary N) is 1. The molecule has 2 rings (SSSR count). The van der Waals surface area contributed by atoms with Crippen LogP contribution in [0.2, 0.25) is 0 Å². The number of methoxy groups -OCH3 is 2. The first-order valence-corrected chi connectivity index (χ1v) is 9.79. The molecule has 0 aliphatic rings. The largest absolute Gasteiger partial charge is 0.493 e. The van der Waals surface area contributed by atoms with E-state index < -0.39 is 6.04 Å². The Balaban J connectivity index is 2.17. The van der Waals surface area contributed by atoms with E-state index in [9.17, 15) is 9.59 Å². The van der Waals surface area contributed by atoms with Crippen molar-refractivity contribution in [2.75, 3.05) is 21.3 Å². The van der Waals surface area contributed by atoms with Crippen LogP contribution in [0.1, 0.15) is 30.9 Å². The van der Waals surface area contributed by atoms with E-state index in [4.69, 9.17) is 9.47 Å². The van der Waals surface area contributed by atoms with Crippen molar-refractivity contribution in [2.24, 2.45) is 0 Å². The molecule has 1 N–H and O–H groups in total. The van der Waals surface area contributed by atoms with Crippen molar-refractivity contribution >= 4 is 11.8 Å². The summed E-state index contributed by atoms with van der Waals surface area (Å²) in [5.74, 6) is 1.08. The Hall–Kier alpha value is -3.02. The van der Waals surface area contributed by atoms with Gasteiger partial charge in [-0.25, -0.2) is 0 Å². The highest BCUT2D eigenvalue weighted by molar-refractivity contribution is 5.87. The van der Waals surface area contributed by atoms with E-state index in [0.717, 1.165) is 11.1 Å². The molecule has 1 atom stereocenters. The predicted molar refractivity (Wildman–Crippen MR) is 113 cm³/mol. The second-order valence-corrected chi connectivity index (χ2v) is 6.73. The molecule has 0 unspecified atom stereocenters. The zero-order valence-electron chi connectivity index (χ0n) is 17.6. The number of carbonyl (C=O) groups excluding carboxylic acids is 2. The van der Waals surface area contributed by atoms with Crippen LogP contribution < -0.4 is 14.8 Å². The van der Waals surface area contributed by atoms with Crippen molar-refractivity contribution < 1.29 is 19.1 Å². The van der Waals surface area contributed by atoms with Crippen LogP contribution in [0.4, 0.5) is 0 Å². The number of nitrogens with zero attached hydrogens (tertiary/aromatic N) is 1. The average molecular weight is 399 g/mol. The fraction of sp³-hybridized carbons (Fsp3) is 0.391. The number of amides is 2. The molecule has 2 amide bonds. The minimum atomic E-state index is -0.502. The third-order valence-electron chi connectivity index (χ3n) is 4.90. The maximum atomic E-state index is 13.1. The Morgan fingerprint density at radius 1 is 1.00 bits per heavy atom. The van der Waals surface area contributed by atoms with Gasteiger partial charge in [0.1, 0.15) is 6.04 Å². The van der Waals surface area contributed by atoms with E-state index >= 15 is 0 Å². The van der Waals surface area contributed by atoms with Gasteiger partial charge in [-0.3, -0.25) is 9.59 Å². The molecule has 0 radical (unpaired) electrons. The van der Waals surface area contributed by atoms with Gasteiger partial charge in [0, 0.05) is 20.0 Å². The van der Waals surface area contributed by atoms with Gasteiger partial charge in [-0.1, -0.05) is 43.3 Å². The van der Waals surface area contributed by atoms with E-state index in [1.807, 2.05) is 55.5 Å². The molecule has 156 valence electrons. The summed E-state index contributed by atoms with van der Waals surface area (Å²) in [6.45, 7) is 2.32. The molecule has 0 aliphatic heterocycles. The molecule has 0 saturated carbocycles. The summed E-state index contributed by atoms with van der Waals surface area (Å²) in [5, 5.41) is 2.68. The lowest BCUT2D eigenvalue weighted by atomic mass is 10.1. The highest BCUT2D eigenvalue weighted by atomic mass is 16.5. The first kappa shape index (κ1) is 22.3. The first-order chi connectivity index (χ1) is 14.0.